The molecule has 0 aliphatic heterocycles. The second kappa shape index (κ2) is 63.5. The number of phosphoric acid groups is 2. The molecule has 93 heavy (non-hydrogen) atoms. The van der Waals surface area contributed by atoms with Crippen molar-refractivity contribution in [2.75, 3.05) is 39.6 Å². The van der Waals surface area contributed by atoms with E-state index in [2.05, 4.69) is 55.4 Å². The molecule has 0 saturated carbocycles. The molecule has 0 aromatic carbocycles. The largest absolute Gasteiger partial charge is 0.472 e. The molecule has 7 atom stereocenters. The molecular formula is C74H144O17P2. The van der Waals surface area contributed by atoms with Crippen molar-refractivity contribution in [2.45, 2.75) is 388 Å². The van der Waals surface area contributed by atoms with Crippen LogP contribution in [0.2, 0.25) is 0 Å². The Morgan fingerprint density at radius 3 is 0.763 bits per heavy atom. The molecule has 0 saturated heterocycles. The van der Waals surface area contributed by atoms with Gasteiger partial charge < -0.3 is 33.8 Å². The fourth-order valence-corrected chi connectivity index (χ4v) is 12.7. The first-order valence-electron chi connectivity index (χ1n) is 38.3. The summed E-state index contributed by atoms with van der Waals surface area (Å²) in [5.74, 6) is 0.947. The van der Waals surface area contributed by atoms with E-state index in [0.717, 1.165) is 120 Å². The highest BCUT2D eigenvalue weighted by Gasteiger charge is 2.30. The second-order valence-corrected chi connectivity index (χ2v) is 31.0. The van der Waals surface area contributed by atoms with E-state index in [1.165, 1.54) is 167 Å². The number of aliphatic hydroxyl groups is 1. The van der Waals surface area contributed by atoms with E-state index in [-0.39, 0.29) is 25.7 Å². The van der Waals surface area contributed by atoms with Crippen LogP contribution < -0.4 is 0 Å². The van der Waals surface area contributed by atoms with E-state index in [9.17, 15) is 43.2 Å². The van der Waals surface area contributed by atoms with E-state index in [1.807, 2.05) is 0 Å². The van der Waals surface area contributed by atoms with Gasteiger partial charge in [0.1, 0.15) is 19.3 Å². The number of rotatable bonds is 71. The fourth-order valence-electron chi connectivity index (χ4n) is 11.1. The lowest BCUT2D eigenvalue weighted by molar-refractivity contribution is -0.161. The van der Waals surface area contributed by atoms with Gasteiger partial charge in [-0.1, -0.05) is 319 Å². The van der Waals surface area contributed by atoms with E-state index in [4.69, 9.17) is 37.0 Å². The first-order chi connectivity index (χ1) is 44.7. The summed E-state index contributed by atoms with van der Waals surface area (Å²) in [4.78, 5) is 72.7. The van der Waals surface area contributed by atoms with Gasteiger partial charge in [-0.25, -0.2) is 9.13 Å². The summed E-state index contributed by atoms with van der Waals surface area (Å²) in [5.41, 5.74) is 0. The quantitative estimate of drug-likeness (QED) is 0.0222. The average molecular weight is 1370 g/mol. The Hall–Kier alpha value is -1.94. The number of carbonyl (C=O) groups excluding carboxylic acids is 4. The number of hydrogen-bond donors (Lipinski definition) is 3. The minimum atomic E-state index is -4.96. The van der Waals surface area contributed by atoms with Gasteiger partial charge >= 0.3 is 39.5 Å². The maximum Gasteiger partial charge on any atom is 0.472 e. The minimum absolute atomic E-state index is 0.106. The number of hydrogen-bond acceptors (Lipinski definition) is 15. The van der Waals surface area contributed by atoms with Crippen LogP contribution in [0.5, 0.6) is 0 Å². The summed E-state index contributed by atoms with van der Waals surface area (Å²) in [7, 11) is -9.91. The average Bonchev–Trinajstić information content (AvgIpc) is 2.35. The molecule has 19 heteroatoms. The van der Waals surface area contributed by atoms with Crippen LogP contribution in [0.1, 0.15) is 370 Å². The minimum Gasteiger partial charge on any atom is -0.462 e. The van der Waals surface area contributed by atoms with Gasteiger partial charge in [0.2, 0.25) is 0 Å². The van der Waals surface area contributed by atoms with Crippen molar-refractivity contribution in [3.63, 3.8) is 0 Å². The van der Waals surface area contributed by atoms with Crippen molar-refractivity contribution in [1.82, 2.24) is 0 Å². The van der Waals surface area contributed by atoms with Crippen LogP contribution in [0.15, 0.2) is 0 Å². The van der Waals surface area contributed by atoms with Gasteiger partial charge in [-0.05, 0) is 49.4 Å². The maximum atomic E-state index is 13.1. The molecule has 17 nitrogen and oxygen atoms in total. The van der Waals surface area contributed by atoms with Crippen molar-refractivity contribution in [2.24, 2.45) is 23.7 Å². The Morgan fingerprint density at radius 1 is 0.301 bits per heavy atom. The number of unbranched alkanes of at least 4 members (excludes halogenated alkanes) is 35. The first kappa shape index (κ1) is 91.1. The number of ether oxygens (including phenoxy) is 4. The Bertz CT molecular complexity index is 1840. The van der Waals surface area contributed by atoms with Crippen LogP contribution in [-0.4, -0.2) is 96.7 Å². The molecule has 0 aliphatic carbocycles. The number of phosphoric ester groups is 2. The van der Waals surface area contributed by atoms with E-state index in [0.29, 0.717) is 25.7 Å². The molecule has 0 aromatic heterocycles. The molecule has 0 amide bonds. The fraction of sp³-hybridized carbons (Fsp3) is 0.946. The van der Waals surface area contributed by atoms with Gasteiger partial charge in [0.05, 0.1) is 26.4 Å². The molecule has 3 N–H and O–H groups in total. The van der Waals surface area contributed by atoms with Gasteiger partial charge in [-0.2, -0.15) is 0 Å². The van der Waals surface area contributed by atoms with Crippen LogP contribution in [0.4, 0.5) is 0 Å². The van der Waals surface area contributed by atoms with Crippen LogP contribution in [0.25, 0.3) is 0 Å². The third-order valence-electron chi connectivity index (χ3n) is 17.8. The highest BCUT2D eigenvalue weighted by Crippen LogP contribution is 2.45. The molecule has 0 spiro atoms. The summed E-state index contributed by atoms with van der Waals surface area (Å²) in [6, 6.07) is 0. The van der Waals surface area contributed by atoms with Crippen LogP contribution in [0.3, 0.4) is 0 Å². The molecule has 0 fully saturated rings. The highest BCUT2D eigenvalue weighted by molar-refractivity contribution is 7.47. The number of aliphatic hydroxyl groups excluding tert-OH is 1. The lowest BCUT2D eigenvalue weighted by Gasteiger charge is -2.21. The maximum absolute atomic E-state index is 13.1. The molecular weight excluding hydrogens is 1220 g/mol. The van der Waals surface area contributed by atoms with Crippen molar-refractivity contribution in [3.8, 4) is 0 Å². The smallest absolute Gasteiger partial charge is 0.462 e. The lowest BCUT2D eigenvalue weighted by atomic mass is 9.99. The van der Waals surface area contributed by atoms with Crippen LogP contribution >= 0.6 is 15.6 Å². The molecule has 0 aromatic rings. The second-order valence-electron chi connectivity index (χ2n) is 28.1. The molecule has 0 rings (SSSR count). The van der Waals surface area contributed by atoms with E-state index >= 15 is 0 Å². The molecule has 0 heterocycles. The third-order valence-corrected chi connectivity index (χ3v) is 19.7. The predicted octanol–water partition coefficient (Wildman–Crippen LogP) is 21.3. The van der Waals surface area contributed by atoms with Crippen LogP contribution in [0, 0.1) is 23.7 Å². The van der Waals surface area contributed by atoms with Gasteiger partial charge in [-0.15, -0.1) is 0 Å². The monoisotopic (exact) mass is 1370 g/mol. The van der Waals surface area contributed by atoms with Gasteiger partial charge in [0.25, 0.3) is 0 Å². The SMILES string of the molecule is CCC(C)CCCCCCCCCCC(=O)OC[C@H](COP(=O)(O)OC[C@@H](O)COP(=O)(O)OC[C@@H](COC(=O)CCCCCCCCC(C)CC)OC(=O)CCCCCCCCCCCCCCCC(C)C)OC(=O)CCCCCCCCCCCCCCC(C)C. The van der Waals surface area contributed by atoms with Gasteiger partial charge in [0, 0.05) is 25.7 Å². The first-order valence-corrected chi connectivity index (χ1v) is 41.3. The molecule has 0 bridgehead atoms. The number of carbonyl (C=O) groups is 4. The predicted molar refractivity (Wildman–Crippen MR) is 377 cm³/mol. The van der Waals surface area contributed by atoms with Crippen molar-refractivity contribution in [1.29, 1.82) is 0 Å². The zero-order valence-corrected chi connectivity index (χ0v) is 62.7. The van der Waals surface area contributed by atoms with E-state index < -0.39 is 97.5 Å². The molecule has 0 radical (unpaired) electrons. The summed E-state index contributed by atoms with van der Waals surface area (Å²) in [5, 5.41) is 10.6. The highest BCUT2D eigenvalue weighted by atomic mass is 31.2. The standard InChI is InChI=1S/C74H144O17P2/c1-9-66(7)52-44-36-28-24-25-29-38-46-54-71(76)84-60-69(90-73(78)57-49-41-31-23-19-15-14-17-21-27-35-43-51-65(5)6)62-88-92(80,81)86-58-68(75)59-87-93(82,83)89-63-70(61-85-72(77)55-47-39-33-32-37-45-53-67(8)10-2)91-74(79)56-48-40-30-22-18-13-11-12-16-20-26-34-42-50-64(3)4/h64-70,75H,9-63H2,1-8H3,(H,80,81)(H,82,83)/t66?,67?,68-,69-,70-/m1/s1. The Balaban J connectivity index is 5.26. The summed E-state index contributed by atoms with van der Waals surface area (Å²) >= 11 is 0. The molecule has 0 aliphatic rings. The van der Waals surface area contributed by atoms with E-state index in [1.54, 1.807) is 0 Å². The summed E-state index contributed by atoms with van der Waals surface area (Å²) in [6.07, 6.45) is 47.1. The van der Waals surface area contributed by atoms with Crippen LogP contribution in [-0.2, 0) is 65.4 Å². The summed E-state index contributed by atoms with van der Waals surface area (Å²) in [6.45, 7) is 14.2. The molecule has 4 unspecified atom stereocenters. The zero-order chi connectivity index (χ0) is 68.9. The number of esters is 4. The van der Waals surface area contributed by atoms with Crippen molar-refractivity contribution < 1.29 is 80.2 Å². The molecule has 552 valence electrons. The normalized spacial score (nSPS) is 14.8. The van der Waals surface area contributed by atoms with Crippen molar-refractivity contribution in [3.05, 3.63) is 0 Å². The lowest BCUT2D eigenvalue weighted by Crippen LogP contribution is -2.30. The van der Waals surface area contributed by atoms with Gasteiger partial charge in [-0.3, -0.25) is 37.3 Å². The Morgan fingerprint density at radius 2 is 0.516 bits per heavy atom. The summed E-state index contributed by atoms with van der Waals surface area (Å²) < 4.78 is 68.5. The van der Waals surface area contributed by atoms with Gasteiger partial charge in [0.15, 0.2) is 12.2 Å². The zero-order valence-electron chi connectivity index (χ0n) is 60.9. The Labute approximate surface area is 568 Å². The third kappa shape index (κ3) is 65.8. The van der Waals surface area contributed by atoms with Crippen molar-refractivity contribution >= 4 is 39.5 Å². The topological polar surface area (TPSA) is 237 Å². The Kier molecular flexibility index (Phi) is 62.2.